The standard InChI is InChI=1S/C7H14O5/c1-6(8)7(11-4-9-2)12-5-10-3/h7H,4-5H2,1-3H3. The van der Waals surface area contributed by atoms with Crippen molar-refractivity contribution in [3.8, 4) is 0 Å². The lowest BCUT2D eigenvalue weighted by molar-refractivity contribution is -0.215. The summed E-state index contributed by atoms with van der Waals surface area (Å²) in [5.74, 6) is -0.218. The highest BCUT2D eigenvalue weighted by atomic mass is 16.8. The molecular weight excluding hydrogens is 164 g/mol. The molecule has 0 heterocycles. The second-order valence-corrected chi connectivity index (χ2v) is 2.09. The molecule has 0 rings (SSSR count). The minimum Gasteiger partial charge on any atom is -0.359 e. The molecule has 0 spiro atoms. The first-order chi connectivity index (χ1) is 5.72. The van der Waals surface area contributed by atoms with Crippen LogP contribution in [0.1, 0.15) is 6.92 Å². The van der Waals surface area contributed by atoms with E-state index >= 15 is 0 Å². The van der Waals surface area contributed by atoms with Gasteiger partial charge in [-0.25, -0.2) is 0 Å². The highest BCUT2D eigenvalue weighted by Gasteiger charge is 2.14. The van der Waals surface area contributed by atoms with Crippen LogP contribution in [0.25, 0.3) is 0 Å². The molecule has 5 heteroatoms. The lowest BCUT2D eigenvalue weighted by Gasteiger charge is -2.13. The highest BCUT2D eigenvalue weighted by molar-refractivity contribution is 5.78. The Morgan fingerprint density at radius 1 is 1.17 bits per heavy atom. The van der Waals surface area contributed by atoms with Gasteiger partial charge in [-0.15, -0.1) is 0 Å². The van der Waals surface area contributed by atoms with E-state index in [1.807, 2.05) is 0 Å². The van der Waals surface area contributed by atoms with Crippen molar-refractivity contribution < 1.29 is 23.7 Å². The molecule has 0 aromatic rings. The van der Waals surface area contributed by atoms with Gasteiger partial charge in [0.05, 0.1) is 0 Å². The van der Waals surface area contributed by atoms with Crippen LogP contribution in [0.3, 0.4) is 0 Å². The Hall–Kier alpha value is -0.490. The van der Waals surface area contributed by atoms with Gasteiger partial charge < -0.3 is 18.9 Å². The van der Waals surface area contributed by atoms with E-state index in [-0.39, 0.29) is 19.4 Å². The predicted molar refractivity (Wildman–Crippen MR) is 40.4 cm³/mol. The maximum atomic E-state index is 10.8. The Bertz CT molecular complexity index is 117. The smallest absolute Gasteiger partial charge is 0.221 e. The summed E-state index contributed by atoms with van der Waals surface area (Å²) < 4.78 is 19.0. The summed E-state index contributed by atoms with van der Waals surface area (Å²) in [5.41, 5.74) is 0. The number of hydrogen-bond donors (Lipinski definition) is 0. The Morgan fingerprint density at radius 2 is 1.58 bits per heavy atom. The number of hydrogen-bond acceptors (Lipinski definition) is 5. The molecule has 0 bridgehead atoms. The fraction of sp³-hybridized carbons (Fsp3) is 0.857. The average Bonchev–Trinajstić information content (AvgIpc) is 2.04. The molecule has 0 saturated carbocycles. The maximum absolute atomic E-state index is 10.8. The largest absolute Gasteiger partial charge is 0.359 e. The van der Waals surface area contributed by atoms with Crippen molar-refractivity contribution in [1.29, 1.82) is 0 Å². The Kier molecular flexibility index (Phi) is 6.88. The third-order valence-electron chi connectivity index (χ3n) is 1.01. The van der Waals surface area contributed by atoms with E-state index < -0.39 is 6.29 Å². The number of carbonyl (C=O) groups is 1. The molecule has 5 nitrogen and oxygen atoms in total. The number of carbonyl (C=O) groups excluding carboxylic acids is 1. The Labute approximate surface area is 71.5 Å². The molecule has 0 N–H and O–H groups in total. The van der Waals surface area contributed by atoms with Gasteiger partial charge in [0.1, 0.15) is 13.6 Å². The number of rotatable bonds is 7. The molecule has 0 radical (unpaired) electrons. The van der Waals surface area contributed by atoms with Gasteiger partial charge in [-0.2, -0.15) is 0 Å². The lowest BCUT2D eigenvalue weighted by atomic mass is 10.4. The molecule has 12 heavy (non-hydrogen) atoms. The van der Waals surface area contributed by atoms with E-state index in [1.165, 1.54) is 21.1 Å². The first-order valence-electron chi connectivity index (χ1n) is 3.44. The summed E-state index contributed by atoms with van der Waals surface area (Å²) in [6.45, 7) is 1.41. The predicted octanol–water partition coefficient (Wildman–Crippen LogP) is 0.143. The summed E-state index contributed by atoms with van der Waals surface area (Å²) in [6, 6.07) is 0. The Morgan fingerprint density at radius 3 is 1.83 bits per heavy atom. The van der Waals surface area contributed by atoms with Crippen molar-refractivity contribution in [3.05, 3.63) is 0 Å². The van der Waals surface area contributed by atoms with Crippen molar-refractivity contribution in [2.24, 2.45) is 0 Å². The van der Waals surface area contributed by atoms with Crippen LogP contribution in [0.5, 0.6) is 0 Å². The maximum Gasteiger partial charge on any atom is 0.221 e. The molecule has 0 aromatic heterocycles. The van der Waals surface area contributed by atoms with Crippen molar-refractivity contribution in [2.75, 3.05) is 27.8 Å². The summed E-state index contributed by atoms with van der Waals surface area (Å²) >= 11 is 0. The first kappa shape index (κ1) is 11.5. The minimum absolute atomic E-state index is 0.0218. The normalized spacial score (nSPS) is 10.7. The molecule has 0 unspecified atom stereocenters. The molecule has 72 valence electrons. The molecule has 0 amide bonds. The van der Waals surface area contributed by atoms with Gasteiger partial charge in [0.2, 0.25) is 6.29 Å². The van der Waals surface area contributed by atoms with Gasteiger partial charge in [-0.1, -0.05) is 0 Å². The summed E-state index contributed by atoms with van der Waals surface area (Å²) in [5, 5.41) is 0. The van der Waals surface area contributed by atoms with Crippen LogP contribution in [0, 0.1) is 0 Å². The number of Topliss-reactive ketones (excluding diaryl/α,β-unsaturated/α-hetero) is 1. The third kappa shape index (κ3) is 5.20. The quantitative estimate of drug-likeness (QED) is 0.519. The average molecular weight is 178 g/mol. The van der Waals surface area contributed by atoms with Crippen molar-refractivity contribution in [1.82, 2.24) is 0 Å². The number of ketones is 1. The molecule has 0 aliphatic heterocycles. The van der Waals surface area contributed by atoms with E-state index in [9.17, 15) is 4.79 Å². The van der Waals surface area contributed by atoms with E-state index in [0.29, 0.717) is 0 Å². The second kappa shape index (κ2) is 7.17. The fourth-order valence-corrected chi connectivity index (χ4v) is 0.543. The van der Waals surface area contributed by atoms with Crippen LogP contribution in [-0.4, -0.2) is 39.9 Å². The van der Waals surface area contributed by atoms with Crippen molar-refractivity contribution >= 4 is 5.78 Å². The molecular formula is C7H14O5. The zero-order valence-electron chi connectivity index (χ0n) is 7.53. The van der Waals surface area contributed by atoms with Crippen LogP contribution in [0.2, 0.25) is 0 Å². The lowest BCUT2D eigenvalue weighted by Crippen LogP contribution is -2.27. The van der Waals surface area contributed by atoms with E-state index in [0.717, 1.165) is 0 Å². The van der Waals surface area contributed by atoms with E-state index in [1.54, 1.807) is 0 Å². The first-order valence-corrected chi connectivity index (χ1v) is 3.44. The Balaban J connectivity index is 3.62. The SMILES string of the molecule is COCOC(OCOC)C(C)=O. The summed E-state index contributed by atoms with van der Waals surface area (Å²) in [4.78, 5) is 10.8. The molecule has 0 aliphatic rings. The van der Waals surface area contributed by atoms with Gasteiger partial charge in [0.25, 0.3) is 0 Å². The monoisotopic (exact) mass is 178 g/mol. The zero-order chi connectivity index (χ0) is 9.40. The number of methoxy groups -OCH3 is 2. The molecule has 0 saturated heterocycles. The highest BCUT2D eigenvalue weighted by Crippen LogP contribution is 1.96. The molecule has 0 atom stereocenters. The van der Waals surface area contributed by atoms with Gasteiger partial charge in [-0.05, 0) is 6.92 Å². The molecule has 0 aliphatic carbocycles. The fourth-order valence-electron chi connectivity index (χ4n) is 0.543. The second-order valence-electron chi connectivity index (χ2n) is 2.09. The van der Waals surface area contributed by atoms with Crippen LogP contribution in [-0.2, 0) is 23.7 Å². The van der Waals surface area contributed by atoms with Gasteiger partial charge in [0, 0.05) is 14.2 Å². The van der Waals surface area contributed by atoms with Gasteiger partial charge >= 0.3 is 0 Å². The zero-order valence-corrected chi connectivity index (χ0v) is 7.53. The van der Waals surface area contributed by atoms with Crippen molar-refractivity contribution in [2.45, 2.75) is 13.2 Å². The van der Waals surface area contributed by atoms with Gasteiger partial charge in [-0.3, -0.25) is 4.79 Å². The topological polar surface area (TPSA) is 54.0 Å². The van der Waals surface area contributed by atoms with E-state index in [2.05, 4.69) is 9.47 Å². The summed E-state index contributed by atoms with van der Waals surface area (Å²) in [6.07, 6.45) is -0.898. The summed E-state index contributed by atoms with van der Waals surface area (Å²) in [7, 11) is 2.93. The minimum atomic E-state index is -0.898. The molecule has 0 aromatic carbocycles. The van der Waals surface area contributed by atoms with Crippen LogP contribution in [0.4, 0.5) is 0 Å². The number of ether oxygens (including phenoxy) is 4. The molecule has 0 fully saturated rings. The van der Waals surface area contributed by atoms with Crippen LogP contribution in [0.15, 0.2) is 0 Å². The van der Waals surface area contributed by atoms with Gasteiger partial charge in [0.15, 0.2) is 5.78 Å². The third-order valence-corrected chi connectivity index (χ3v) is 1.01. The van der Waals surface area contributed by atoms with Crippen LogP contribution >= 0.6 is 0 Å². The van der Waals surface area contributed by atoms with Crippen molar-refractivity contribution in [3.63, 3.8) is 0 Å². The van der Waals surface area contributed by atoms with Crippen LogP contribution < -0.4 is 0 Å². The van der Waals surface area contributed by atoms with E-state index in [4.69, 9.17) is 9.47 Å².